The van der Waals surface area contributed by atoms with Crippen molar-refractivity contribution >= 4 is 5.91 Å². The van der Waals surface area contributed by atoms with Crippen molar-refractivity contribution in [1.82, 2.24) is 9.88 Å². The van der Waals surface area contributed by atoms with Crippen LogP contribution in [0.3, 0.4) is 0 Å². The number of amides is 1. The molecule has 0 unspecified atom stereocenters. The maximum absolute atomic E-state index is 11.9. The molecular formula is C12H18N2O2. The van der Waals surface area contributed by atoms with Gasteiger partial charge in [-0.25, -0.2) is 0 Å². The molecule has 1 N–H and O–H groups in total. The number of aryl methyl sites for hydroxylation is 1. The normalized spacial score (nSPS) is 10.2. The minimum absolute atomic E-state index is 0.000774. The maximum atomic E-state index is 11.9. The number of aromatic nitrogens is 1. The Hall–Kier alpha value is -1.42. The van der Waals surface area contributed by atoms with E-state index in [1.54, 1.807) is 11.1 Å². The fraction of sp³-hybridized carbons (Fsp3) is 0.500. The van der Waals surface area contributed by atoms with Crippen LogP contribution in [0.2, 0.25) is 0 Å². The molecule has 16 heavy (non-hydrogen) atoms. The van der Waals surface area contributed by atoms with E-state index in [1.807, 2.05) is 26.0 Å². The number of aliphatic hydroxyl groups is 1. The lowest BCUT2D eigenvalue weighted by Gasteiger charge is -2.19. The van der Waals surface area contributed by atoms with E-state index in [0.29, 0.717) is 19.5 Å². The van der Waals surface area contributed by atoms with Crippen LogP contribution in [0.1, 0.15) is 18.2 Å². The fourth-order valence-corrected chi connectivity index (χ4v) is 1.54. The van der Waals surface area contributed by atoms with Gasteiger partial charge in [-0.05, 0) is 25.5 Å². The van der Waals surface area contributed by atoms with Crippen LogP contribution in [0.25, 0.3) is 0 Å². The standard InChI is InChI=1S/C12H18N2O2/c1-3-14(7-8-15)12(16)9-11-10(2)5-4-6-13-11/h4-6,15H,3,7-9H2,1-2H3. The van der Waals surface area contributed by atoms with Crippen LogP contribution in [-0.2, 0) is 11.2 Å². The highest BCUT2D eigenvalue weighted by Crippen LogP contribution is 2.05. The monoisotopic (exact) mass is 222 g/mol. The van der Waals surface area contributed by atoms with Gasteiger partial charge in [0, 0.05) is 19.3 Å². The van der Waals surface area contributed by atoms with E-state index in [2.05, 4.69) is 4.98 Å². The molecule has 0 aliphatic heterocycles. The van der Waals surface area contributed by atoms with Crippen LogP contribution >= 0.6 is 0 Å². The van der Waals surface area contributed by atoms with Gasteiger partial charge in [0.15, 0.2) is 0 Å². The molecule has 1 heterocycles. The minimum Gasteiger partial charge on any atom is -0.395 e. The summed E-state index contributed by atoms with van der Waals surface area (Å²) in [7, 11) is 0. The van der Waals surface area contributed by atoms with Gasteiger partial charge in [-0.2, -0.15) is 0 Å². The van der Waals surface area contributed by atoms with E-state index in [4.69, 9.17) is 5.11 Å². The average Bonchev–Trinajstić information content (AvgIpc) is 2.29. The van der Waals surface area contributed by atoms with Crippen molar-refractivity contribution in [3.63, 3.8) is 0 Å². The van der Waals surface area contributed by atoms with Crippen molar-refractivity contribution in [1.29, 1.82) is 0 Å². The van der Waals surface area contributed by atoms with Crippen LogP contribution in [0.4, 0.5) is 0 Å². The van der Waals surface area contributed by atoms with Crippen molar-refractivity contribution in [3.8, 4) is 0 Å². The summed E-state index contributed by atoms with van der Waals surface area (Å²) in [5.74, 6) is 0.0124. The molecule has 4 nitrogen and oxygen atoms in total. The second kappa shape index (κ2) is 6.23. The third-order valence-electron chi connectivity index (χ3n) is 2.54. The average molecular weight is 222 g/mol. The molecule has 0 bridgehead atoms. The Balaban J connectivity index is 2.66. The summed E-state index contributed by atoms with van der Waals surface area (Å²) < 4.78 is 0. The van der Waals surface area contributed by atoms with Crippen LogP contribution in [0, 0.1) is 6.92 Å². The topological polar surface area (TPSA) is 53.4 Å². The molecule has 0 fully saturated rings. The maximum Gasteiger partial charge on any atom is 0.228 e. The second-order valence-electron chi connectivity index (χ2n) is 3.64. The van der Waals surface area contributed by atoms with Gasteiger partial charge in [0.05, 0.1) is 18.7 Å². The van der Waals surface area contributed by atoms with Gasteiger partial charge in [-0.15, -0.1) is 0 Å². The third-order valence-corrected chi connectivity index (χ3v) is 2.54. The van der Waals surface area contributed by atoms with Crippen LogP contribution in [-0.4, -0.2) is 40.6 Å². The molecule has 88 valence electrons. The fourth-order valence-electron chi connectivity index (χ4n) is 1.54. The van der Waals surface area contributed by atoms with Gasteiger partial charge in [0.25, 0.3) is 0 Å². The number of aliphatic hydroxyl groups excluding tert-OH is 1. The van der Waals surface area contributed by atoms with Crippen LogP contribution < -0.4 is 0 Å². The lowest BCUT2D eigenvalue weighted by atomic mass is 10.1. The van der Waals surface area contributed by atoms with E-state index in [0.717, 1.165) is 11.3 Å². The van der Waals surface area contributed by atoms with Crippen LogP contribution in [0.5, 0.6) is 0 Å². The van der Waals surface area contributed by atoms with Crippen molar-refractivity contribution in [2.75, 3.05) is 19.7 Å². The highest BCUT2D eigenvalue weighted by atomic mass is 16.3. The molecule has 0 saturated heterocycles. The van der Waals surface area contributed by atoms with E-state index in [1.165, 1.54) is 0 Å². The predicted molar refractivity (Wildman–Crippen MR) is 62.0 cm³/mol. The summed E-state index contributed by atoms with van der Waals surface area (Å²) >= 11 is 0. The van der Waals surface area contributed by atoms with E-state index in [-0.39, 0.29) is 12.5 Å². The molecule has 0 spiro atoms. The molecule has 1 amide bonds. The molecule has 0 saturated carbocycles. The number of carbonyl (C=O) groups excluding carboxylic acids is 1. The summed E-state index contributed by atoms with van der Waals surface area (Å²) in [6.07, 6.45) is 2.00. The summed E-state index contributed by atoms with van der Waals surface area (Å²) in [5, 5.41) is 8.83. The number of hydrogen-bond acceptors (Lipinski definition) is 3. The first kappa shape index (κ1) is 12.6. The zero-order valence-electron chi connectivity index (χ0n) is 9.81. The van der Waals surface area contributed by atoms with E-state index < -0.39 is 0 Å². The molecule has 1 rings (SSSR count). The summed E-state index contributed by atoms with van der Waals surface area (Å²) in [5.41, 5.74) is 1.83. The summed E-state index contributed by atoms with van der Waals surface area (Å²) in [6.45, 7) is 4.85. The third kappa shape index (κ3) is 3.31. The number of carbonyl (C=O) groups is 1. The molecule has 4 heteroatoms. The van der Waals surface area contributed by atoms with Crippen LogP contribution in [0.15, 0.2) is 18.3 Å². The predicted octanol–water partition coefficient (Wildman–Crippen LogP) is 0.773. The van der Waals surface area contributed by atoms with Gasteiger partial charge >= 0.3 is 0 Å². The van der Waals surface area contributed by atoms with E-state index >= 15 is 0 Å². The molecule has 1 aromatic heterocycles. The van der Waals surface area contributed by atoms with Crippen molar-refractivity contribution in [3.05, 3.63) is 29.6 Å². The number of hydrogen-bond donors (Lipinski definition) is 1. The first-order valence-corrected chi connectivity index (χ1v) is 5.48. The number of likely N-dealkylation sites (N-methyl/N-ethyl adjacent to an activating group) is 1. The number of rotatable bonds is 5. The molecule has 0 radical (unpaired) electrons. The molecule has 0 atom stereocenters. The highest BCUT2D eigenvalue weighted by molar-refractivity contribution is 5.78. The zero-order chi connectivity index (χ0) is 12.0. The number of nitrogens with zero attached hydrogens (tertiary/aromatic N) is 2. The van der Waals surface area contributed by atoms with E-state index in [9.17, 15) is 4.79 Å². The van der Waals surface area contributed by atoms with Gasteiger partial charge in [0.2, 0.25) is 5.91 Å². The zero-order valence-corrected chi connectivity index (χ0v) is 9.81. The minimum atomic E-state index is 0.000774. The Kier molecular flexibility index (Phi) is 4.92. The molecular weight excluding hydrogens is 204 g/mol. The van der Waals surface area contributed by atoms with Crippen molar-refractivity contribution in [2.45, 2.75) is 20.3 Å². The van der Waals surface area contributed by atoms with Crippen molar-refractivity contribution in [2.24, 2.45) is 0 Å². The lowest BCUT2D eigenvalue weighted by molar-refractivity contribution is -0.130. The second-order valence-corrected chi connectivity index (χ2v) is 3.64. The summed E-state index contributed by atoms with van der Waals surface area (Å²) in [4.78, 5) is 17.7. The Morgan fingerprint density at radius 3 is 2.88 bits per heavy atom. The summed E-state index contributed by atoms with van der Waals surface area (Å²) in [6, 6.07) is 3.80. The molecule has 0 aromatic carbocycles. The molecule has 1 aromatic rings. The van der Waals surface area contributed by atoms with Gasteiger partial charge < -0.3 is 10.0 Å². The molecule has 0 aliphatic rings. The Labute approximate surface area is 95.9 Å². The molecule has 0 aliphatic carbocycles. The first-order chi connectivity index (χ1) is 7.69. The Morgan fingerprint density at radius 2 is 2.31 bits per heavy atom. The smallest absolute Gasteiger partial charge is 0.228 e. The SMILES string of the molecule is CCN(CCO)C(=O)Cc1ncccc1C. The van der Waals surface area contributed by atoms with Gasteiger partial charge in [-0.3, -0.25) is 9.78 Å². The largest absolute Gasteiger partial charge is 0.395 e. The van der Waals surface area contributed by atoms with Crippen molar-refractivity contribution < 1.29 is 9.90 Å². The lowest BCUT2D eigenvalue weighted by Crippen LogP contribution is -2.34. The van der Waals surface area contributed by atoms with Gasteiger partial charge in [0.1, 0.15) is 0 Å². The number of pyridine rings is 1. The van der Waals surface area contributed by atoms with Gasteiger partial charge in [-0.1, -0.05) is 6.07 Å². The highest BCUT2D eigenvalue weighted by Gasteiger charge is 2.13. The quantitative estimate of drug-likeness (QED) is 0.800. The first-order valence-electron chi connectivity index (χ1n) is 5.48. The Morgan fingerprint density at radius 1 is 1.56 bits per heavy atom. The Bertz CT molecular complexity index is 353.